The number of aromatic nitrogens is 1. The number of hydrogen-bond donors (Lipinski definition) is 1. The second kappa shape index (κ2) is 5.59. The molecule has 0 amide bonds. The van der Waals surface area contributed by atoms with E-state index in [1.54, 1.807) is 11.3 Å². The van der Waals surface area contributed by atoms with E-state index in [1.165, 1.54) is 41.1 Å². The molecule has 1 aromatic carbocycles. The summed E-state index contributed by atoms with van der Waals surface area (Å²) in [6.07, 6.45) is 6.35. The second-order valence-electron chi connectivity index (χ2n) is 4.91. The fourth-order valence-corrected chi connectivity index (χ4v) is 5.01. The van der Waals surface area contributed by atoms with Crippen LogP contribution in [0.5, 0.6) is 0 Å². The Morgan fingerprint density at radius 2 is 2.00 bits per heavy atom. The van der Waals surface area contributed by atoms with Crippen LogP contribution in [-0.4, -0.2) is 16.3 Å². The minimum absolute atomic E-state index is 0.338. The topological polar surface area (TPSA) is 38.9 Å². The third kappa shape index (κ3) is 2.71. The Morgan fingerprint density at radius 1 is 1.17 bits per heavy atom. The van der Waals surface area contributed by atoms with Crippen molar-refractivity contribution >= 4 is 33.3 Å². The average molecular weight is 278 g/mol. The van der Waals surface area contributed by atoms with Gasteiger partial charge < -0.3 is 5.73 Å². The minimum atomic E-state index is 0.338. The Balaban J connectivity index is 1.78. The molecular weight excluding hydrogens is 260 g/mol. The Kier molecular flexibility index (Phi) is 3.87. The second-order valence-corrected chi connectivity index (χ2v) is 7.42. The number of nitrogens with two attached hydrogens (primary N) is 1. The highest BCUT2D eigenvalue weighted by atomic mass is 32.2. The van der Waals surface area contributed by atoms with Crippen molar-refractivity contribution in [2.24, 2.45) is 5.73 Å². The largest absolute Gasteiger partial charge is 0.327 e. The molecule has 0 spiro atoms. The molecule has 0 radical (unpaired) electrons. The molecule has 1 aromatic heterocycles. The van der Waals surface area contributed by atoms with Crippen LogP contribution in [0.15, 0.2) is 28.6 Å². The highest BCUT2D eigenvalue weighted by Crippen LogP contribution is 2.36. The maximum atomic E-state index is 6.28. The van der Waals surface area contributed by atoms with Gasteiger partial charge in [0.2, 0.25) is 0 Å². The zero-order valence-electron chi connectivity index (χ0n) is 10.3. The fourth-order valence-electron chi connectivity index (χ4n) is 2.48. The van der Waals surface area contributed by atoms with E-state index in [0.717, 1.165) is 5.52 Å². The van der Waals surface area contributed by atoms with Crippen LogP contribution in [0.25, 0.3) is 10.2 Å². The zero-order valence-corrected chi connectivity index (χ0v) is 12.0. The fraction of sp³-hybridized carbons (Fsp3) is 0.500. The summed E-state index contributed by atoms with van der Waals surface area (Å²) in [5.74, 6) is 0. The zero-order chi connectivity index (χ0) is 12.4. The number of rotatable bonds is 2. The van der Waals surface area contributed by atoms with E-state index >= 15 is 0 Å². The summed E-state index contributed by atoms with van der Waals surface area (Å²) in [6, 6.07) is 8.69. The summed E-state index contributed by atoms with van der Waals surface area (Å²) in [6.45, 7) is 0. The highest BCUT2D eigenvalue weighted by molar-refractivity contribution is 8.01. The SMILES string of the molecule is NC1CCCCCC1Sc1nc2ccccc2s1. The first-order valence-corrected chi connectivity index (χ1v) is 8.30. The molecule has 2 nitrogen and oxygen atoms in total. The minimum Gasteiger partial charge on any atom is -0.327 e. The number of fused-ring (bicyclic) bond motifs is 1. The van der Waals surface area contributed by atoms with Gasteiger partial charge in [0, 0.05) is 11.3 Å². The molecule has 0 aliphatic heterocycles. The monoisotopic (exact) mass is 278 g/mol. The summed E-state index contributed by atoms with van der Waals surface area (Å²) < 4.78 is 2.46. The first-order chi connectivity index (χ1) is 8.83. The maximum absolute atomic E-state index is 6.28. The lowest BCUT2D eigenvalue weighted by Gasteiger charge is -2.19. The van der Waals surface area contributed by atoms with Crippen molar-refractivity contribution in [3.05, 3.63) is 24.3 Å². The van der Waals surface area contributed by atoms with Gasteiger partial charge in [-0.15, -0.1) is 11.3 Å². The Labute approximate surface area is 116 Å². The Morgan fingerprint density at radius 3 is 2.89 bits per heavy atom. The molecule has 1 saturated carbocycles. The third-order valence-corrected chi connectivity index (χ3v) is 6.08. The van der Waals surface area contributed by atoms with Crippen molar-refractivity contribution in [3.8, 4) is 0 Å². The van der Waals surface area contributed by atoms with Crippen LogP contribution >= 0.6 is 23.1 Å². The molecule has 96 valence electrons. The number of hydrogen-bond acceptors (Lipinski definition) is 4. The first kappa shape index (κ1) is 12.5. The summed E-state index contributed by atoms with van der Waals surface area (Å²) in [5.41, 5.74) is 7.39. The van der Waals surface area contributed by atoms with E-state index in [2.05, 4.69) is 18.2 Å². The smallest absolute Gasteiger partial charge is 0.151 e. The Bertz CT molecular complexity index is 490. The van der Waals surface area contributed by atoms with Crippen molar-refractivity contribution in [1.29, 1.82) is 0 Å². The molecule has 1 heterocycles. The molecule has 3 rings (SSSR count). The normalized spacial score (nSPS) is 25.2. The van der Waals surface area contributed by atoms with Gasteiger partial charge in [0.1, 0.15) is 0 Å². The van der Waals surface area contributed by atoms with Gasteiger partial charge in [-0.2, -0.15) is 0 Å². The lowest BCUT2D eigenvalue weighted by atomic mass is 10.1. The van der Waals surface area contributed by atoms with Gasteiger partial charge in [-0.05, 0) is 25.0 Å². The molecule has 1 fully saturated rings. The van der Waals surface area contributed by atoms with Crippen molar-refractivity contribution < 1.29 is 0 Å². The van der Waals surface area contributed by atoms with E-state index in [9.17, 15) is 0 Å². The highest BCUT2D eigenvalue weighted by Gasteiger charge is 2.22. The summed E-state index contributed by atoms with van der Waals surface area (Å²) >= 11 is 3.69. The average Bonchev–Trinajstić information content (AvgIpc) is 2.68. The molecule has 1 aliphatic carbocycles. The number of thiazole rings is 1. The van der Waals surface area contributed by atoms with Gasteiger partial charge in [0.25, 0.3) is 0 Å². The van der Waals surface area contributed by atoms with Gasteiger partial charge in [-0.25, -0.2) is 4.98 Å². The molecule has 2 aromatic rings. The predicted octanol–water partition coefficient (Wildman–Crippen LogP) is 4.05. The number of thioether (sulfide) groups is 1. The third-order valence-electron chi connectivity index (χ3n) is 3.53. The standard InChI is InChI=1S/C14H18N2S2/c15-10-6-2-1-3-8-12(10)17-14-16-11-7-4-5-9-13(11)18-14/h4-5,7,9-10,12H,1-3,6,8,15H2. The molecule has 2 atom stereocenters. The molecule has 0 bridgehead atoms. The molecule has 4 heteroatoms. The number of nitrogens with zero attached hydrogens (tertiary/aromatic N) is 1. The van der Waals surface area contributed by atoms with E-state index in [-0.39, 0.29) is 0 Å². The van der Waals surface area contributed by atoms with E-state index in [4.69, 9.17) is 10.7 Å². The van der Waals surface area contributed by atoms with Crippen LogP contribution in [0.1, 0.15) is 32.1 Å². The molecule has 2 N–H and O–H groups in total. The predicted molar refractivity (Wildman–Crippen MR) is 80.3 cm³/mol. The summed E-state index contributed by atoms with van der Waals surface area (Å²) in [7, 11) is 0. The summed E-state index contributed by atoms with van der Waals surface area (Å²) in [4.78, 5) is 4.70. The molecule has 18 heavy (non-hydrogen) atoms. The maximum Gasteiger partial charge on any atom is 0.151 e. The van der Waals surface area contributed by atoms with E-state index in [1.807, 2.05) is 17.8 Å². The molecule has 0 saturated heterocycles. The molecule has 2 unspecified atom stereocenters. The molecular formula is C14H18N2S2. The number of para-hydroxylation sites is 1. The lowest BCUT2D eigenvalue weighted by Crippen LogP contribution is -2.31. The van der Waals surface area contributed by atoms with Crippen LogP contribution in [0, 0.1) is 0 Å². The van der Waals surface area contributed by atoms with Crippen LogP contribution in [0.4, 0.5) is 0 Å². The van der Waals surface area contributed by atoms with Crippen LogP contribution < -0.4 is 5.73 Å². The first-order valence-electron chi connectivity index (χ1n) is 6.61. The molecule has 1 aliphatic rings. The van der Waals surface area contributed by atoms with Gasteiger partial charge in [-0.1, -0.05) is 43.2 Å². The Hall–Kier alpha value is -0.580. The van der Waals surface area contributed by atoms with Crippen molar-refractivity contribution in [2.45, 2.75) is 47.7 Å². The van der Waals surface area contributed by atoms with Crippen LogP contribution in [0.2, 0.25) is 0 Å². The van der Waals surface area contributed by atoms with E-state index < -0.39 is 0 Å². The lowest BCUT2D eigenvalue weighted by molar-refractivity contribution is 0.596. The quantitative estimate of drug-likeness (QED) is 0.842. The van der Waals surface area contributed by atoms with Crippen LogP contribution in [0.3, 0.4) is 0 Å². The van der Waals surface area contributed by atoms with Gasteiger partial charge in [0.15, 0.2) is 4.34 Å². The van der Waals surface area contributed by atoms with Crippen LogP contribution in [-0.2, 0) is 0 Å². The number of benzene rings is 1. The summed E-state index contributed by atoms with van der Waals surface area (Å²) in [5, 5.41) is 0.549. The van der Waals surface area contributed by atoms with E-state index in [0.29, 0.717) is 11.3 Å². The van der Waals surface area contributed by atoms with Gasteiger partial charge in [-0.3, -0.25) is 0 Å². The van der Waals surface area contributed by atoms with Gasteiger partial charge >= 0.3 is 0 Å². The van der Waals surface area contributed by atoms with Gasteiger partial charge in [0.05, 0.1) is 10.2 Å². The van der Waals surface area contributed by atoms with Crippen molar-refractivity contribution in [1.82, 2.24) is 4.98 Å². The van der Waals surface area contributed by atoms with Crippen molar-refractivity contribution in [3.63, 3.8) is 0 Å². The van der Waals surface area contributed by atoms with Crippen molar-refractivity contribution in [2.75, 3.05) is 0 Å².